The molecule has 0 atom stereocenters. The van der Waals surface area contributed by atoms with Crippen molar-refractivity contribution in [2.24, 2.45) is 5.92 Å². The predicted molar refractivity (Wildman–Crippen MR) is 117 cm³/mol. The molecule has 158 valence electrons. The van der Waals surface area contributed by atoms with E-state index in [1.165, 1.54) is 0 Å². The second-order valence-electron chi connectivity index (χ2n) is 7.94. The van der Waals surface area contributed by atoms with Gasteiger partial charge in [0.25, 0.3) is 5.91 Å². The Morgan fingerprint density at radius 3 is 2.03 bits per heavy atom. The number of likely N-dealkylation sites (tertiary alicyclic amines) is 1. The van der Waals surface area contributed by atoms with E-state index in [-0.39, 0.29) is 17.7 Å². The topological polar surface area (TPSA) is 53.1 Å². The molecule has 4 rings (SSSR count). The van der Waals surface area contributed by atoms with Crippen molar-refractivity contribution in [3.63, 3.8) is 0 Å². The largest absolute Gasteiger partial charge is 0.497 e. The van der Waals surface area contributed by atoms with Gasteiger partial charge in [0, 0.05) is 56.4 Å². The van der Waals surface area contributed by atoms with Gasteiger partial charge >= 0.3 is 0 Å². The molecular weight excluding hydrogens is 378 g/mol. The van der Waals surface area contributed by atoms with E-state index in [4.69, 9.17) is 4.74 Å². The zero-order chi connectivity index (χ0) is 20.9. The molecule has 2 amide bonds. The van der Waals surface area contributed by atoms with Gasteiger partial charge < -0.3 is 19.4 Å². The van der Waals surface area contributed by atoms with Crippen LogP contribution in [-0.4, -0.2) is 68.0 Å². The lowest BCUT2D eigenvalue weighted by Crippen LogP contribution is -2.52. The van der Waals surface area contributed by atoms with Gasteiger partial charge in [-0.2, -0.15) is 0 Å². The number of carbonyl (C=O) groups is 2. The number of rotatable bonds is 4. The van der Waals surface area contributed by atoms with E-state index >= 15 is 0 Å². The van der Waals surface area contributed by atoms with Crippen molar-refractivity contribution in [1.82, 2.24) is 9.80 Å². The number of nitrogens with zero attached hydrogens (tertiary/aromatic N) is 3. The van der Waals surface area contributed by atoms with Crippen LogP contribution < -0.4 is 9.64 Å². The minimum atomic E-state index is 0.0253. The number of piperidine rings is 1. The van der Waals surface area contributed by atoms with Gasteiger partial charge in [0.1, 0.15) is 5.75 Å². The Bertz CT molecular complexity index is 853. The minimum Gasteiger partial charge on any atom is -0.497 e. The quantitative estimate of drug-likeness (QED) is 0.782. The van der Waals surface area contributed by atoms with Crippen molar-refractivity contribution in [2.75, 3.05) is 51.3 Å². The number of hydrogen-bond acceptors (Lipinski definition) is 4. The highest BCUT2D eigenvalue weighted by Gasteiger charge is 2.32. The highest BCUT2D eigenvalue weighted by atomic mass is 16.5. The van der Waals surface area contributed by atoms with Gasteiger partial charge in [-0.05, 0) is 49.2 Å². The first-order valence-electron chi connectivity index (χ1n) is 10.7. The third-order valence-electron chi connectivity index (χ3n) is 6.18. The second kappa shape index (κ2) is 9.20. The molecule has 2 heterocycles. The van der Waals surface area contributed by atoms with E-state index in [0.717, 1.165) is 56.0 Å². The van der Waals surface area contributed by atoms with Crippen molar-refractivity contribution < 1.29 is 14.3 Å². The number of amides is 2. The lowest BCUT2D eigenvalue weighted by atomic mass is 9.94. The van der Waals surface area contributed by atoms with Crippen LogP contribution in [0.4, 0.5) is 5.69 Å². The average molecular weight is 408 g/mol. The molecule has 2 aromatic rings. The maximum atomic E-state index is 13.0. The molecule has 2 fully saturated rings. The molecule has 0 bridgehead atoms. The van der Waals surface area contributed by atoms with Gasteiger partial charge in [-0.1, -0.05) is 18.2 Å². The molecule has 0 radical (unpaired) electrons. The van der Waals surface area contributed by atoms with Gasteiger partial charge in [0.2, 0.25) is 5.91 Å². The van der Waals surface area contributed by atoms with Crippen LogP contribution in [0.3, 0.4) is 0 Å². The fourth-order valence-corrected chi connectivity index (χ4v) is 4.33. The van der Waals surface area contributed by atoms with Crippen LogP contribution in [0.15, 0.2) is 54.6 Å². The van der Waals surface area contributed by atoms with Crippen LogP contribution in [0.2, 0.25) is 0 Å². The molecule has 6 nitrogen and oxygen atoms in total. The van der Waals surface area contributed by atoms with Crippen LogP contribution in [0.5, 0.6) is 5.75 Å². The summed E-state index contributed by atoms with van der Waals surface area (Å²) in [6, 6.07) is 17.4. The van der Waals surface area contributed by atoms with E-state index < -0.39 is 0 Å². The second-order valence-corrected chi connectivity index (χ2v) is 7.94. The van der Waals surface area contributed by atoms with E-state index in [1.54, 1.807) is 7.11 Å². The summed E-state index contributed by atoms with van der Waals surface area (Å²) >= 11 is 0. The van der Waals surface area contributed by atoms with Crippen LogP contribution in [0.25, 0.3) is 0 Å². The third-order valence-corrected chi connectivity index (χ3v) is 6.18. The van der Waals surface area contributed by atoms with Gasteiger partial charge in [0.15, 0.2) is 0 Å². The molecule has 2 saturated heterocycles. The van der Waals surface area contributed by atoms with E-state index in [1.807, 2.05) is 52.3 Å². The SMILES string of the molecule is COc1ccc(N2CCN(C(=O)C3CCN(C(=O)c4ccccc4)CC3)CC2)cc1. The third kappa shape index (κ3) is 4.42. The van der Waals surface area contributed by atoms with E-state index in [9.17, 15) is 9.59 Å². The molecule has 2 aromatic carbocycles. The molecule has 0 saturated carbocycles. The summed E-state index contributed by atoms with van der Waals surface area (Å²) in [6.07, 6.45) is 1.49. The molecule has 2 aliphatic heterocycles. The Kier molecular flexibility index (Phi) is 6.21. The smallest absolute Gasteiger partial charge is 0.253 e. The van der Waals surface area contributed by atoms with Crippen LogP contribution >= 0.6 is 0 Å². The van der Waals surface area contributed by atoms with Crippen molar-refractivity contribution in [2.45, 2.75) is 12.8 Å². The lowest BCUT2D eigenvalue weighted by Gasteiger charge is -2.39. The molecule has 0 N–H and O–H groups in total. The Hall–Kier alpha value is -3.02. The van der Waals surface area contributed by atoms with Gasteiger partial charge in [-0.15, -0.1) is 0 Å². The number of anilines is 1. The van der Waals surface area contributed by atoms with Crippen LogP contribution in [-0.2, 0) is 4.79 Å². The number of benzene rings is 2. The maximum Gasteiger partial charge on any atom is 0.253 e. The lowest BCUT2D eigenvalue weighted by molar-refractivity contribution is -0.137. The molecular formula is C24H29N3O3. The zero-order valence-electron chi connectivity index (χ0n) is 17.5. The van der Waals surface area contributed by atoms with Crippen molar-refractivity contribution in [3.8, 4) is 5.75 Å². The van der Waals surface area contributed by atoms with Crippen molar-refractivity contribution in [3.05, 3.63) is 60.2 Å². The van der Waals surface area contributed by atoms with E-state index in [2.05, 4.69) is 17.0 Å². The van der Waals surface area contributed by atoms with E-state index in [0.29, 0.717) is 13.1 Å². The fraction of sp³-hybridized carbons (Fsp3) is 0.417. The molecule has 30 heavy (non-hydrogen) atoms. The summed E-state index contributed by atoms with van der Waals surface area (Å²) in [4.78, 5) is 31.8. The zero-order valence-corrected chi connectivity index (χ0v) is 17.5. The maximum absolute atomic E-state index is 13.0. The Labute approximate surface area is 178 Å². The molecule has 2 aliphatic rings. The average Bonchev–Trinajstić information content (AvgIpc) is 2.84. The predicted octanol–water partition coefficient (Wildman–Crippen LogP) is 2.90. The number of piperazine rings is 1. The summed E-state index contributed by atoms with van der Waals surface area (Å²) in [5.74, 6) is 1.19. The molecule has 0 unspecified atom stereocenters. The highest BCUT2D eigenvalue weighted by molar-refractivity contribution is 5.94. The molecule has 0 aromatic heterocycles. The van der Waals surface area contributed by atoms with Gasteiger partial charge in [-0.25, -0.2) is 0 Å². The summed E-state index contributed by atoms with van der Waals surface area (Å²) in [7, 11) is 1.67. The normalized spacial score (nSPS) is 17.7. The molecule has 0 aliphatic carbocycles. The first kappa shape index (κ1) is 20.3. The fourth-order valence-electron chi connectivity index (χ4n) is 4.33. The summed E-state index contributed by atoms with van der Waals surface area (Å²) < 4.78 is 5.22. The summed E-state index contributed by atoms with van der Waals surface area (Å²) in [5, 5.41) is 0. The summed E-state index contributed by atoms with van der Waals surface area (Å²) in [6.45, 7) is 4.46. The van der Waals surface area contributed by atoms with Gasteiger partial charge in [0.05, 0.1) is 7.11 Å². The number of hydrogen-bond donors (Lipinski definition) is 0. The van der Waals surface area contributed by atoms with Crippen LogP contribution in [0, 0.1) is 5.92 Å². The summed E-state index contributed by atoms with van der Waals surface area (Å²) in [5.41, 5.74) is 1.88. The van der Waals surface area contributed by atoms with Crippen molar-refractivity contribution >= 4 is 17.5 Å². The monoisotopic (exact) mass is 407 g/mol. The van der Waals surface area contributed by atoms with Crippen molar-refractivity contribution in [1.29, 1.82) is 0 Å². The van der Waals surface area contributed by atoms with Crippen LogP contribution in [0.1, 0.15) is 23.2 Å². The number of ether oxygens (including phenoxy) is 1. The molecule has 0 spiro atoms. The molecule has 6 heteroatoms. The first-order chi connectivity index (χ1) is 14.7. The Morgan fingerprint density at radius 2 is 1.43 bits per heavy atom. The van der Waals surface area contributed by atoms with Gasteiger partial charge in [-0.3, -0.25) is 9.59 Å². The minimum absolute atomic E-state index is 0.0253. The number of carbonyl (C=O) groups excluding carboxylic acids is 2. The standard InChI is InChI=1S/C24H29N3O3/c1-30-22-9-7-21(8-10-22)25-15-17-27(18-16-25)24(29)20-11-13-26(14-12-20)23(28)19-5-3-2-4-6-19/h2-10,20H,11-18H2,1H3. The highest BCUT2D eigenvalue weighted by Crippen LogP contribution is 2.24. The Balaban J connectivity index is 1.26. The number of methoxy groups -OCH3 is 1. The first-order valence-corrected chi connectivity index (χ1v) is 10.7. The Morgan fingerprint density at radius 1 is 0.800 bits per heavy atom.